The number of benzene rings is 2. The number of nitrogens with one attached hydrogen (secondary N) is 2. The molecule has 2 amide bonds. The molecule has 7 nitrogen and oxygen atoms in total. The molecule has 0 bridgehead atoms. The number of hydrogen-bond donors (Lipinski definition) is 2. The van der Waals surface area contributed by atoms with Crippen LogP contribution in [-0.2, 0) is 10.0 Å². The second kappa shape index (κ2) is 9.36. The zero-order valence-corrected chi connectivity index (χ0v) is 17.0. The lowest BCUT2D eigenvalue weighted by atomic mass is 10.1. The fourth-order valence-corrected chi connectivity index (χ4v) is 2.99. The van der Waals surface area contributed by atoms with E-state index in [0.29, 0.717) is 23.5 Å². The fraction of sp³-hybridized carbons (Fsp3) is 0.300. The molecule has 2 aromatic carbocycles. The van der Waals surface area contributed by atoms with Gasteiger partial charge in [-0.15, -0.1) is 0 Å². The first-order valence-corrected chi connectivity index (χ1v) is 10.8. The Labute approximate surface area is 165 Å². The molecule has 0 atom stereocenters. The standard InChI is InChI=1S/C20H25N3O4S/c1-4-5-13-21-20(25)17-11-6-7-12-18(17)22-19(24)15-9-8-10-16(14-15)23(2)28(3,26)27/h6-12,14H,4-5,13H2,1-3H3,(H,21,25)(H,22,24). The Hall–Kier alpha value is -2.87. The summed E-state index contributed by atoms with van der Waals surface area (Å²) in [6.45, 7) is 2.60. The molecule has 28 heavy (non-hydrogen) atoms. The SMILES string of the molecule is CCCCNC(=O)c1ccccc1NC(=O)c1cccc(N(C)S(C)(=O)=O)c1. The number of sulfonamides is 1. The smallest absolute Gasteiger partial charge is 0.255 e. The summed E-state index contributed by atoms with van der Waals surface area (Å²) in [4.78, 5) is 25.0. The number of carbonyl (C=O) groups excluding carboxylic acids is 2. The lowest BCUT2D eigenvalue weighted by Crippen LogP contribution is -2.26. The number of hydrogen-bond acceptors (Lipinski definition) is 4. The Kier molecular flexibility index (Phi) is 7.17. The molecular weight excluding hydrogens is 378 g/mol. The topological polar surface area (TPSA) is 95.6 Å². The van der Waals surface area contributed by atoms with Crippen molar-refractivity contribution in [1.82, 2.24) is 5.32 Å². The van der Waals surface area contributed by atoms with Gasteiger partial charge in [0.05, 0.1) is 23.2 Å². The molecule has 150 valence electrons. The van der Waals surface area contributed by atoms with Crippen LogP contribution in [0.15, 0.2) is 48.5 Å². The summed E-state index contributed by atoms with van der Waals surface area (Å²) in [5, 5.41) is 5.57. The molecule has 0 fully saturated rings. The molecular formula is C20H25N3O4S. The first-order chi connectivity index (χ1) is 13.2. The van der Waals surface area contributed by atoms with Gasteiger partial charge in [0.15, 0.2) is 0 Å². The Morgan fingerprint density at radius 1 is 1.04 bits per heavy atom. The zero-order chi connectivity index (χ0) is 20.7. The number of rotatable bonds is 8. The maximum atomic E-state index is 12.7. The predicted molar refractivity (Wildman–Crippen MR) is 111 cm³/mol. The van der Waals surface area contributed by atoms with E-state index < -0.39 is 15.9 Å². The molecule has 2 N–H and O–H groups in total. The van der Waals surface area contributed by atoms with Crippen LogP contribution >= 0.6 is 0 Å². The minimum absolute atomic E-state index is 0.255. The van der Waals surface area contributed by atoms with Gasteiger partial charge in [-0.25, -0.2) is 8.42 Å². The van der Waals surface area contributed by atoms with Crippen LogP contribution in [0.1, 0.15) is 40.5 Å². The van der Waals surface area contributed by atoms with E-state index >= 15 is 0 Å². The summed E-state index contributed by atoms with van der Waals surface area (Å²) in [6.07, 6.45) is 2.94. The van der Waals surface area contributed by atoms with Crippen molar-refractivity contribution in [3.63, 3.8) is 0 Å². The molecule has 2 aromatic rings. The van der Waals surface area contributed by atoms with Crippen LogP contribution in [0.3, 0.4) is 0 Å². The number of carbonyl (C=O) groups is 2. The van der Waals surface area contributed by atoms with Crippen LogP contribution in [0.2, 0.25) is 0 Å². The van der Waals surface area contributed by atoms with Crippen molar-refractivity contribution in [3.05, 3.63) is 59.7 Å². The summed E-state index contributed by atoms with van der Waals surface area (Å²) in [7, 11) is -2.02. The van der Waals surface area contributed by atoms with Gasteiger partial charge in [-0.2, -0.15) is 0 Å². The molecule has 8 heteroatoms. The highest BCUT2D eigenvalue weighted by atomic mass is 32.2. The summed E-state index contributed by atoms with van der Waals surface area (Å²) < 4.78 is 24.5. The van der Waals surface area contributed by atoms with E-state index in [1.807, 2.05) is 6.92 Å². The highest BCUT2D eigenvalue weighted by Gasteiger charge is 2.16. The molecule has 0 aliphatic heterocycles. The number of para-hydroxylation sites is 1. The molecule has 0 radical (unpaired) electrons. The quantitative estimate of drug-likeness (QED) is 0.663. The van der Waals surface area contributed by atoms with Gasteiger partial charge in [-0.1, -0.05) is 31.5 Å². The number of anilines is 2. The average molecular weight is 404 g/mol. The highest BCUT2D eigenvalue weighted by Crippen LogP contribution is 2.20. The minimum atomic E-state index is -3.44. The molecule has 0 heterocycles. The zero-order valence-electron chi connectivity index (χ0n) is 16.2. The van der Waals surface area contributed by atoms with E-state index in [0.717, 1.165) is 23.4 Å². The molecule has 0 saturated heterocycles. The summed E-state index contributed by atoms with van der Waals surface area (Å²) in [5.74, 6) is -0.688. The summed E-state index contributed by atoms with van der Waals surface area (Å²) in [6, 6.07) is 13.0. The van der Waals surface area contributed by atoms with Crippen molar-refractivity contribution in [2.45, 2.75) is 19.8 Å². The van der Waals surface area contributed by atoms with E-state index in [1.165, 1.54) is 13.1 Å². The highest BCUT2D eigenvalue weighted by molar-refractivity contribution is 7.92. The van der Waals surface area contributed by atoms with E-state index in [2.05, 4.69) is 10.6 Å². The third-order valence-electron chi connectivity index (χ3n) is 4.21. The van der Waals surface area contributed by atoms with Gasteiger partial charge in [0.25, 0.3) is 11.8 Å². The van der Waals surface area contributed by atoms with Crippen molar-refractivity contribution in [2.75, 3.05) is 29.5 Å². The van der Waals surface area contributed by atoms with E-state index in [4.69, 9.17) is 0 Å². The van der Waals surface area contributed by atoms with Crippen molar-refractivity contribution in [3.8, 4) is 0 Å². The van der Waals surface area contributed by atoms with Gasteiger partial charge in [0.2, 0.25) is 10.0 Å². The van der Waals surface area contributed by atoms with E-state index in [9.17, 15) is 18.0 Å². The maximum absolute atomic E-state index is 12.7. The summed E-state index contributed by atoms with van der Waals surface area (Å²) in [5.41, 5.74) is 1.43. The predicted octanol–water partition coefficient (Wildman–Crippen LogP) is 2.86. The van der Waals surface area contributed by atoms with E-state index in [-0.39, 0.29) is 11.5 Å². The molecule has 2 rings (SSSR count). The molecule has 0 aliphatic carbocycles. The van der Waals surface area contributed by atoms with Crippen LogP contribution in [0.5, 0.6) is 0 Å². The van der Waals surface area contributed by atoms with E-state index in [1.54, 1.807) is 42.5 Å². The van der Waals surface area contributed by atoms with Crippen LogP contribution < -0.4 is 14.9 Å². The first kappa shape index (κ1) is 21.4. The minimum Gasteiger partial charge on any atom is -0.352 e. The summed E-state index contributed by atoms with van der Waals surface area (Å²) >= 11 is 0. The second-order valence-corrected chi connectivity index (χ2v) is 8.40. The second-order valence-electron chi connectivity index (χ2n) is 6.39. The Morgan fingerprint density at radius 3 is 2.43 bits per heavy atom. The maximum Gasteiger partial charge on any atom is 0.255 e. The third kappa shape index (κ3) is 5.56. The number of unbranched alkanes of at least 4 members (excludes halogenated alkanes) is 1. The Balaban J connectivity index is 2.21. The molecule has 0 aliphatic rings. The van der Waals surface area contributed by atoms with Gasteiger partial charge in [0, 0.05) is 19.2 Å². The van der Waals surface area contributed by atoms with Crippen LogP contribution in [0.4, 0.5) is 11.4 Å². The first-order valence-electron chi connectivity index (χ1n) is 8.96. The van der Waals surface area contributed by atoms with Gasteiger partial charge in [-0.05, 0) is 36.8 Å². The molecule has 0 spiro atoms. The Morgan fingerprint density at radius 2 is 1.75 bits per heavy atom. The largest absolute Gasteiger partial charge is 0.352 e. The monoisotopic (exact) mass is 403 g/mol. The molecule has 0 saturated carbocycles. The number of amides is 2. The van der Waals surface area contributed by atoms with Crippen molar-refractivity contribution < 1.29 is 18.0 Å². The number of nitrogens with zero attached hydrogens (tertiary/aromatic N) is 1. The third-order valence-corrected chi connectivity index (χ3v) is 5.41. The normalized spacial score (nSPS) is 11.0. The van der Waals surface area contributed by atoms with Gasteiger partial charge in [-0.3, -0.25) is 13.9 Å². The lowest BCUT2D eigenvalue weighted by molar-refractivity contribution is 0.0954. The van der Waals surface area contributed by atoms with Crippen LogP contribution in [-0.4, -0.2) is 40.1 Å². The van der Waals surface area contributed by atoms with Crippen molar-refractivity contribution in [1.29, 1.82) is 0 Å². The van der Waals surface area contributed by atoms with Gasteiger partial charge >= 0.3 is 0 Å². The van der Waals surface area contributed by atoms with Gasteiger partial charge < -0.3 is 10.6 Å². The van der Waals surface area contributed by atoms with Crippen LogP contribution in [0.25, 0.3) is 0 Å². The fourth-order valence-electron chi connectivity index (χ4n) is 2.49. The lowest BCUT2D eigenvalue weighted by Gasteiger charge is -2.17. The van der Waals surface area contributed by atoms with Crippen LogP contribution in [0, 0.1) is 0 Å². The van der Waals surface area contributed by atoms with Crippen molar-refractivity contribution in [2.24, 2.45) is 0 Å². The average Bonchev–Trinajstić information content (AvgIpc) is 2.67. The van der Waals surface area contributed by atoms with Crippen molar-refractivity contribution >= 4 is 33.2 Å². The molecule has 0 aromatic heterocycles. The Bertz CT molecular complexity index is 957. The van der Waals surface area contributed by atoms with Gasteiger partial charge in [0.1, 0.15) is 0 Å². The molecule has 0 unspecified atom stereocenters.